The van der Waals surface area contributed by atoms with Gasteiger partial charge >= 0.3 is 5.97 Å². The highest BCUT2D eigenvalue weighted by Gasteiger charge is 2.16. The lowest BCUT2D eigenvalue weighted by Crippen LogP contribution is -2.25. The zero-order chi connectivity index (χ0) is 22.3. The van der Waals surface area contributed by atoms with Gasteiger partial charge in [-0.25, -0.2) is 9.78 Å². The standard InChI is InChI=1S/C24H21N5O3/c1-31-24(30)17-12-14-20(15-13-17)32-23-21(25)22(26-16-27-23)28-29(18-8-4-2-5-9-18)19-10-6-3-7-11-19/h2-16H,25H2,1H3,(H,26,27,28). The molecule has 1 aromatic heterocycles. The average molecular weight is 427 g/mol. The molecule has 0 spiro atoms. The second kappa shape index (κ2) is 9.48. The summed E-state index contributed by atoms with van der Waals surface area (Å²) in [6.45, 7) is 0. The van der Waals surface area contributed by atoms with Crippen LogP contribution in [0.15, 0.2) is 91.3 Å². The number of carbonyl (C=O) groups excluding carboxylic acids is 1. The summed E-state index contributed by atoms with van der Waals surface area (Å²) in [7, 11) is 1.33. The molecule has 160 valence electrons. The predicted octanol–water partition coefficient (Wildman–Crippen LogP) is 4.80. The van der Waals surface area contributed by atoms with Gasteiger partial charge in [-0.3, -0.25) is 10.4 Å². The van der Waals surface area contributed by atoms with Gasteiger partial charge in [0, 0.05) is 0 Å². The fraction of sp³-hybridized carbons (Fsp3) is 0.0417. The number of carbonyl (C=O) groups is 1. The molecule has 0 amide bonds. The third kappa shape index (κ3) is 4.59. The topological polar surface area (TPSA) is 103 Å². The van der Waals surface area contributed by atoms with Crippen molar-refractivity contribution in [1.82, 2.24) is 9.97 Å². The summed E-state index contributed by atoms with van der Waals surface area (Å²) >= 11 is 0. The number of nitrogens with zero attached hydrogens (tertiary/aromatic N) is 3. The first-order valence-corrected chi connectivity index (χ1v) is 9.79. The quantitative estimate of drug-likeness (QED) is 0.320. The molecular weight excluding hydrogens is 406 g/mol. The van der Waals surface area contributed by atoms with E-state index in [0.29, 0.717) is 17.1 Å². The minimum Gasteiger partial charge on any atom is -0.465 e. The Bertz CT molecular complexity index is 1150. The Morgan fingerprint density at radius 3 is 2.03 bits per heavy atom. The molecular formula is C24H21N5O3. The van der Waals surface area contributed by atoms with E-state index in [1.165, 1.54) is 13.4 Å². The summed E-state index contributed by atoms with van der Waals surface area (Å²) in [4.78, 5) is 20.0. The van der Waals surface area contributed by atoms with E-state index in [1.807, 2.05) is 65.7 Å². The number of rotatable bonds is 7. The lowest BCUT2D eigenvalue weighted by molar-refractivity contribution is 0.0600. The maximum atomic E-state index is 11.6. The molecule has 3 N–H and O–H groups in total. The maximum Gasteiger partial charge on any atom is 0.337 e. The van der Waals surface area contributed by atoms with E-state index in [9.17, 15) is 4.79 Å². The Labute approximate surface area is 185 Å². The van der Waals surface area contributed by atoms with E-state index < -0.39 is 5.97 Å². The molecule has 32 heavy (non-hydrogen) atoms. The zero-order valence-corrected chi connectivity index (χ0v) is 17.3. The van der Waals surface area contributed by atoms with Crippen LogP contribution in [0, 0.1) is 0 Å². The van der Waals surface area contributed by atoms with E-state index in [4.69, 9.17) is 15.2 Å². The predicted molar refractivity (Wildman–Crippen MR) is 123 cm³/mol. The van der Waals surface area contributed by atoms with Crippen LogP contribution in [0.3, 0.4) is 0 Å². The Kier molecular flexibility index (Phi) is 6.12. The Morgan fingerprint density at radius 2 is 1.47 bits per heavy atom. The van der Waals surface area contributed by atoms with E-state index >= 15 is 0 Å². The van der Waals surface area contributed by atoms with Gasteiger partial charge in [-0.2, -0.15) is 4.98 Å². The molecule has 0 saturated heterocycles. The summed E-state index contributed by atoms with van der Waals surface area (Å²) in [5.41, 5.74) is 12.0. The third-order valence-corrected chi connectivity index (χ3v) is 4.58. The van der Waals surface area contributed by atoms with Crippen LogP contribution in [-0.2, 0) is 4.74 Å². The van der Waals surface area contributed by atoms with Gasteiger partial charge in [-0.05, 0) is 48.5 Å². The van der Waals surface area contributed by atoms with Crippen molar-refractivity contribution in [3.63, 3.8) is 0 Å². The van der Waals surface area contributed by atoms with Crippen molar-refractivity contribution in [3.8, 4) is 11.6 Å². The number of ether oxygens (including phenoxy) is 2. The number of nitrogens with two attached hydrogens (primary N) is 1. The van der Waals surface area contributed by atoms with Crippen molar-refractivity contribution in [3.05, 3.63) is 96.8 Å². The summed E-state index contributed by atoms with van der Waals surface area (Å²) in [5, 5.41) is 1.87. The number of nitrogens with one attached hydrogen (secondary N) is 1. The van der Waals surface area contributed by atoms with Crippen LogP contribution in [0.5, 0.6) is 11.6 Å². The molecule has 0 bridgehead atoms. The summed E-state index contributed by atoms with van der Waals surface area (Å²) in [6, 6.07) is 26.0. The van der Waals surface area contributed by atoms with Gasteiger partial charge in [0.2, 0.25) is 5.88 Å². The highest BCUT2D eigenvalue weighted by Crippen LogP contribution is 2.32. The van der Waals surface area contributed by atoms with Crippen LogP contribution < -0.4 is 20.9 Å². The first kappa shape index (κ1) is 20.7. The number of hydrogen-bond donors (Lipinski definition) is 2. The van der Waals surface area contributed by atoms with E-state index in [1.54, 1.807) is 24.3 Å². The normalized spacial score (nSPS) is 10.3. The molecule has 8 heteroatoms. The van der Waals surface area contributed by atoms with Crippen molar-refractivity contribution in [2.75, 3.05) is 23.3 Å². The first-order chi connectivity index (χ1) is 15.7. The van der Waals surface area contributed by atoms with Gasteiger partial charge in [0.1, 0.15) is 17.8 Å². The van der Waals surface area contributed by atoms with Crippen LogP contribution in [0.2, 0.25) is 0 Å². The molecule has 0 unspecified atom stereocenters. The molecule has 0 saturated carbocycles. The Balaban J connectivity index is 1.60. The molecule has 0 aliphatic carbocycles. The number of benzene rings is 3. The molecule has 0 aliphatic rings. The van der Waals surface area contributed by atoms with E-state index in [-0.39, 0.29) is 11.6 Å². The monoisotopic (exact) mass is 427 g/mol. The highest BCUT2D eigenvalue weighted by atomic mass is 16.5. The SMILES string of the molecule is COC(=O)c1ccc(Oc2ncnc(NN(c3ccccc3)c3ccccc3)c2N)cc1. The molecule has 4 aromatic rings. The Morgan fingerprint density at radius 1 is 0.875 bits per heavy atom. The number of aromatic nitrogens is 2. The second-order valence-corrected chi connectivity index (χ2v) is 6.68. The smallest absolute Gasteiger partial charge is 0.337 e. The van der Waals surface area contributed by atoms with Gasteiger partial charge in [-0.15, -0.1) is 0 Å². The Hall–Kier alpha value is -4.59. The minimum absolute atomic E-state index is 0.189. The van der Waals surface area contributed by atoms with Crippen molar-refractivity contribution >= 4 is 28.8 Å². The number of hydrogen-bond acceptors (Lipinski definition) is 8. The molecule has 1 heterocycles. The number of anilines is 4. The number of nitrogen functional groups attached to an aromatic ring is 1. The van der Waals surface area contributed by atoms with Crippen LogP contribution in [0.25, 0.3) is 0 Å². The highest BCUT2D eigenvalue weighted by molar-refractivity contribution is 5.89. The van der Waals surface area contributed by atoms with Crippen molar-refractivity contribution in [2.24, 2.45) is 0 Å². The molecule has 0 aliphatic heterocycles. The van der Waals surface area contributed by atoms with Gasteiger partial charge in [-0.1, -0.05) is 36.4 Å². The lowest BCUT2D eigenvalue weighted by atomic mass is 10.2. The fourth-order valence-corrected chi connectivity index (χ4v) is 2.98. The summed E-state index contributed by atoms with van der Waals surface area (Å²) in [6.07, 6.45) is 1.37. The molecule has 0 atom stereocenters. The lowest BCUT2D eigenvalue weighted by Gasteiger charge is -2.26. The largest absolute Gasteiger partial charge is 0.465 e. The molecule has 0 radical (unpaired) electrons. The van der Waals surface area contributed by atoms with Crippen molar-refractivity contribution < 1.29 is 14.3 Å². The summed E-state index contributed by atoms with van der Waals surface area (Å²) < 4.78 is 10.5. The van der Waals surface area contributed by atoms with Gasteiger partial charge < -0.3 is 15.2 Å². The van der Waals surface area contributed by atoms with E-state index in [0.717, 1.165) is 11.4 Å². The van der Waals surface area contributed by atoms with Gasteiger partial charge in [0.25, 0.3) is 0 Å². The van der Waals surface area contributed by atoms with Gasteiger partial charge in [0.15, 0.2) is 5.82 Å². The third-order valence-electron chi connectivity index (χ3n) is 4.58. The summed E-state index contributed by atoms with van der Waals surface area (Å²) in [5.74, 6) is 0.617. The zero-order valence-electron chi connectivity index (χ0n) is 17.3. The van der Waals surface area contributed by atoms with Crippen LogP contribution in [-0.4, -0.2) is 23.0 Å². The number of hydrazine groups is 1. The number of para-hydroxylation sites is 2. The molecule has 4 rings (SSSR count). The number of esters is 1. The minimum atomic E-state index is -0.425. The first-order valence-electron chi connectivity index (χ1n) is 9.79. The van der Waals surface area contributed by atoms with Crippen molar-refractivity contribution in [1.29, 1.82) is 0 Å². The van der Waals surface area contributed by atoms with Crippen molar-refractivity contribution in [2.45, 2.75) is 0 Å². The van der Waals surface area contributed by atoms with E-state index in [2.05, 4.69) is 15.4 Å². The fourth-order valence-electron chi connectivity index (χ4n) is 2.98. The van der Waals surface area contributed by atoms with Crippen LogP contribution in [0.1, 0.15) is 10.4 Å². The maximum absolute atomic E-state index is 11.6. The van der Waals surface area contributed by atoms with Gasteiger partial charge in [0.05, 0.1) is 24.0 Å². The molecule has 3 aromatic carbocycles. The average Bonchev–Trinajstić information content (AvgIpc) is 2.85. The molecule has 8 nitrogen and oxygen atoms in total. The molecule has 0 fully saturated rings. The van der Waals surface area contributed by atoms with Crippen LogP contribution in [0.4, 0.5) is 22.9 Å². The number of methoxy groups -OCH3 is 1. The van der Waals surface area contributed by atoms with Crippen LogP contribution >= 0.6 is 0 Å². The second-order valence-electron chi connectivity index (χ2n) is 6.68.